The van der Waals surface area contributed by atoms with E-state index in [1.165, 1.54) is 24.3 Å². The normalized spacial score (nSPS) is 11.2. The van der Waals surface area contributed by atoms with E-state index in [9.17, 15) is 18.5 Å². The van der Waals surface area contributed by atoms with Crippen molar-refractivity contribution in [1.29, 1.82) is 0 Å². The molecule has 0 unspecified atom stereocenters. The SMILES string of the molecule is COCCc1ccc(OS(=O)(=O)c2cc(Br)cc([N+](=O)[O-])c2)cc1. The maximum Gasteiger partial charge on any atom is 0.339 e. The van der Waals surface area contributed by atoms with E-state index in [0.717, 1.165) is 11.6 Å². The molecule has 9 heteroatoms. The number of methoxy groups -OCH3 is 1. The third-order valence-corrected chi connectivity index (χ3v) is 4.76. The summed E-state index contributed by atoms with van der Waals surface area (Å²) in [5.41, 5.74) is 0.626. The van der Waals surface area contributed by atoms with Gasteiger partial charge in [-0.15, -0.1) is 0 Å². The number of ether oxygens (including phenoxy) is 1. The second kappa shape index (κ2) is 7.73. The fraction of sp³-hybridized carbons (Fsp3) is 0.200. The summed E-state index contributed by atoms with van der Waals surface area (Å²) in [6.45, 7) is 0.556. The Morgan fingerprint density at radius 1 is 1.17 bits per heavy atom. The van der Waals surface area contributed by atoms with Gasteiger partial charge in [0.1, 0.15) is 10.6 Å². The molecule has 0 aliphatic rings. The molecular formula is C15H14BrNO6S. The Hall–Kier alpha value is -1.97. The maximum atomic E-state index is 12.3. The van der Waals surface area contributed by atoms with Crippen LogP contribution in [0.15, 0.2) is 51.8 Å². The molecule has 0 N–H and O–H groups in total. The average Bonchev–Trinajstić information content (AvgIpc) is 2.53. The molecule has 2 rings (SSSR count). The van der Waals surface area contributed by atoms with E-state index in [1.54, 1.807) is 19.2 Å². The number of halogens is 1. The molecule has 0 fully saturated rings. The summed E-state index contributed by atoms with van der Waals surface area (Å²) in [6.07, 6.45) is 0.696. The number of nitrogens with zero attached hydrogens (tertiary/aromatic N) is 1. The summed E-state index contributed by atoms with van der Waals surface area (Å²) in [6, 6.07) is 9.91. The van der Waals surface area contributed by atoms with Crippen LogP contribution in [0, 0.1) is 10.1 Å². The molecule has 0 aliphatic carbocycles. The summed E-state index contributed by atoms with van der Waals surface area (Å²) in [7, 11) is -2.58. The van der Waals surface area contributed by atoms with Gasteiger partial charge >= 0.3 is 10.1 Å². The molecule has 0 aliphatic heterocycles. The van der Waals surface area contributed by atoms with Gasteiger partial charge in [-0.25, -0.2) is 0 Å². The highest BCUT2D eigenvalue weighted by Crippen LogP contribution is 2.26. The van der Waals surface area contributed by atoms with Crippen LogP contribution < -0.4 is 4.18 Å². The van der Waals surface area contributed by atoms with Crippen molar-refractivity contribution in [3.63, 3.8) is 0 Å². The van der Waals surface area contributed by atoms with Gasteiger partial charge in [-0.1, -0.05) is 28.1 Å². The molecular weight excluding hydrogens is 402 g/mol. The highest BCUT2D eigenvalue weighted by Gasteiger charge is 2.21. The highest BCUT2D eigenvalue weighted by atomic mass is 79.9. The zero-order valence-corrected chi connectivity index (χ0v) is 15.0. The molecule has 7 nitrogen and oxygen atoms in total. The number of hydrogen-bond acceptors (Lipinski definition) is 6. The molecule has 2 aromatic rings. The zero-order chi connectivity index (χ0) is 17.7. The number of hydrogen-bond donors (Lipinski definition) is 0. The predicted molar refractivity (Wildman–Crippen MR) is 90.6 cm³/mol. The van der Waals surface area contributed by atoms with Crippen LogP contribution in [0.4, 0.5) is 5.69 Å². The topological polar surface area (TPSA) is 95.7 Å². The van der Waals surface area contributed by atoms with Crippen LogP contribution in [0.25, 0.3) is 0 Å². The first kappa shape index (κ1) is 18.4. The third kappa shape index (κ3) is 4.76. The second-order valence-corrected chi connectivity index (χ2v) is 7.29. The fourth-order valence-electron chi connectivity index (χ4n) is 1.90. The summed E-state index contributed by atoms with van der Waals surface area (Å²) < 4.78 is 34.9. The monoisotopic (exact) mass is 415 g/mol. The van der Waals surface area contributed by atoms with Crippen molar-refractivity contribution in [1.82, 2.24) is 0 Å². The van der Waals surface area contributed by atoms with Gasteiger partial charge in [0.2, 0.25) is 0 Å². The molecule has 0 atom stereocenters. The molecule has 24 heavy (non-hydrogen) atoms. The number of non-ortho nitro benzene ring substituents is 1. The van der Waals surface area contributed by atoms with E-state index in [-0.39, 0.29) is 20.8 Å². The zero-order valence-electron chi connectivity index (χ0n) is 12.6. The van der Waals surface area contributed by atoms with Gasteiger partial charge in [-0.3, -0.25) is 10.1 Å². The molecule has 0 spiro atoms. The van der Waals surface area contributed by atoms with E-state index in [4.69, 9.17) is 8.92 Å². The van der Waals surface area contributed by atoms with Crippen LogP contribution in [0.5, 0.6) is 5.75 Å². The predicted octanol–water partition coefficient (Wildman–Crippen LogP) is 3.31. The number of benzene rings is 2. The van der Waals surface area contributed by atoms with Gasteiger partial charge in [0.25, 0.3) is 5.69 Å². The minimum atomic E-state index is -4.18. The average molecular weight is 416 g/mol. The lowest BCUT2D eigenvalue weighted by Gasteiger charge is -2.08. The summed E-state index contributed by atoms with van der Waals surface area (Å²) in [5.74, 6) is 0.124. The molecule has 0 aromatic heterocycles. The van der Waals surface area contributed by atoms with E-state index >= 15 is 0 Å². The second-order valence-electron chi connectivity index (χ2n) is 4.83. The Bertz CT molecular complexity index is 836. The minimum absolute atomic E-state index is 0.124. The molecule has 0 radical (unpaired) electrons. The molecule has 0 heterocycles. The minimum Gasteiger partial charge on any atom is -0.384 e. The molecule has 2 aromatic carbocycles. The van der Waals surface area contributed by atoms with Crippen molar-refractivity contribution in [2.24, 2.45) is 0 Å². The maximum absolute atomic E-state index is 12.3. The van der Waals surface area contributed by atoms with E-state index in [1.807, 2.05) is 0 Å². The summed E-state index contributed by atoms with van der Waals surface area (Å²) in [4.78, 5) is 9.88. The smallest absolute Gasteiger partial charge is 0.339 e. The number of nitro groups is 1. The van der Waals surface area contributed by atoms with Crippen molar-refractivity contribution in [2.75, 3.05) is 13.7 Å². The lowest BCUT2D eigenvalue weighted by atomic mass is 10.1. The Balaban J connectivity index is 2.23. The Kier molecular flexibility index (Phi) is 5.92. The molecule has 0 saturated heterocycles. The standard InChI is InChI=1S/C15H14BrNO6S/c1-22-7-6-11-2-4-14(5-3-11)23-24(20,21)15-9-12(16)8-13(10-15)17(18)19/h2-5,8-10H,6-7H2,1H3. The van der Waals surface area contributed by atoms with Crippen LogP contribution >= 0.6 is 15.9 Å². The van der Waals surface area contributed by atoms with Crippen LogP contribution in [0.2, 0.25) is 0 Å². The first-order valence-electron chi connectivity index (χ1n) is 6.79. The quantitative estimate of drug-likeness (QED) is 0.390. The van der Waals surface area contributed by atoms with Crippen molar-refractivity contribution in [2.45, 2.75) is 11.3 Å². The largest absolute Gasteiger partial charge is 0.384 e. The molecule has 0 amide bonds. The van der Waals surface area contributed by atoms with Gasteiger partial charge in [-0.2, -0.15) is 8.42 Å². The van der Waals surface area contributed by atoms with E-state index < -0.39 is 15.0 Å². The molecule has 0 bridgehead atoms. The van der Waals surface area contributed by atoms with Gasteiger partial charge < -0.3 is 8.92 Å². The molecule has 0 saturated carbocycles. The lowest BCUT2D eigenvalue weighted by Crippen LogP contribution is -2.10. The lowest BCUT2D eigenvalue weighted by molar-refractivity contribution is -0.385. The van der Waals surface area contributed by atoms with Crippen LogP contribution in [-0.4, -0.2) is 27.1 Å². The van der Waals surface area contributed by atoms with Gasteiger partial charge in [0, 0.05) is 23.7 Å². The summed E-state index contributed by atoms with van der Waals surface area (Å²) in [5, 5.41) is 10.9. The van der Waals surface area contributed by atoms with E-state index in [2.05, 4.69) is 15.9 Å². The number of nitro benzene ring substituents is 1. The van der Waals surface area contributed by atoms with Gasteiger partial charge in [0.15, 0.2) is 0 Å². The van der Waals surface area contributed by atoms with Crippen molar-refractivity contribution in [3.8, 4) is 5.75 Å². The third-order valence-electron chi connectivity index (χ3n) is 3.08. The van der Waals surface area contributed by atoms with Crippen LogP contribution in [-0.2, 0) is 21.3 Å². The van der Waals surface area contributed by atoms with E-state index in [0.29, 0.717) is 13.0 Å². The Morgan fingerprint density at radius 2 is 1.83 bits per heavy atom. The van der Waals surface area contributed by atoms with Crippen LogP contribution in [0.3, 0.4) is 0 Å². The first-order valence-corrected chi connectivity index (χ1v) is 8.99. The Labute approximate surface area is 147 Å². The summed E-state index contributed by atoms with van der Waals surface area (Å²) >= 11 is 3.06. The van der Waals surface area contributed by atoms with Crippen molar-refractivity contribution < 1.29 is 22.3 Å². The van der Waals surface area contributed by atoms with Gasteiger partial charge in [0.05, 0.1) is 11.5 Å². The van der Waals surface area contributed by atoms with Crippen molar-refractivity contribution >= 4 is 31.7 Å². The highest BCUT2D eigenvalue weighted by molar-refractivity contribution is 9.10. The number of rotatable bonds is 7. The van der Waals surface area contributed by atoms with Crippen molar-refractivity contribution in [3.05, 3.63) is 62.6 Å². The Morgan fingerprint density at radius 3 is 2.42 bits per heavy atom. The van der Waals surface area contributed by atoms with Crippen LogP contribution in [0.1, 0.15) is 5.56 Å². The van der Waals surface area contributed by atoms with Gasteiger partial charge in [-0.05, 0) is 30.2 Å². The fourth-order valence-corrected chi connectivity index (χ4v) is 3.53. The molecule has 128 valence electrons. The first-order chi connectivity index (χ1) is 11.3.